The van der Waals surface area contributed by atoms with Gasteiger partial charge in [-0.2, -0.15) is 4.98 Å². The predicted octanol–water partition coefficient (Wildman–Crippen LogP) is 2.54. The van der Waals surface area contributed by atoms with Crippen LogP contribution in [0.5, 0.6) is 0 Å². The van der Waals surface area contributed by atoms with Gasteiger partial charge in [-0.05, 0) is 30.7 Å². The number of hydrogen-bond donors (Lipinski definition) is 1. The minimum absolute atomic E-state index is 0.250. The Morgan fingerprint density at radius 1 is 1.40 bits per heavy atom. The second-order valence-corrected chi connectivity index (χ2v) is 5.23. The highest BCUT2D eigenvalue weighted by Crippen LogP contribution is 2.22. The third-order valence-electron chi connectivity index (χ3n) is 2.62. The van der Waals surface area contributed by atoms with Crippen molar-refractivity contribution in [3.8, 4) is 0 Å². The molecule has 1 aromatic heterocycles. The normalized spacial score (nSPS) is 12.6. The number of rotatable bonds is 7. The van der Waals surface area contributed by atoms with Crippen LogP contribution in [0.1, 0.15) is 24.2 Å². The topological polar surface area (TPSA) is 74.2 Å². The van der Waals surface area contributed by atoms with E-state index in [0.29, 0.717) is 30.5 Å². The summed E-state index contributed by atoms with van der Waals surface area (Å²) < 4.78 is 22.8. The Bertz CT molecular complexity index is 533. The van der Waals surface area contributed by atoms with Gasteiger partial charge in [0.2, 0.25) is 5.89 Å². The van der Waals surface area contributed by atoms with Gasteiger partial charge in [-0.3, -0.25) is 0 Å². The lowest BCUT2D eigenvalue weighted by Crippen LogP contribution is -2.13. The fourth-order valence-corrected chi connectivity index (χ4v) is 2.27. The number of aromatic nitrogens is 2. The van der Waals surface area contributed by atoms with Crippen molar-refractivity contribution in [3.63, 3.8) is 0 Å². The van der Waals surface area contributed by atoms with Gasteiger partial charge in [0.1, 0.15) is 5.82 Å². The number of halogens is 1. The second kappa shape index (κ2) is 7.37. The molecule has 1 aromatic carbocycles. The highest BCUT2D eigenvalue weighted by atomic mass is 32.2. The first-order valence-corrected chi connectivity index (χ1v) is 7.13. The molecule has 0 aliphatic rings. The summed E-state index contributed by atoms with van der Waals surface area (Å²) in [6, 6.07) is 5.96. The maximum atomic E-state index is 12.8. The van der Waals surface area contributed by atoms with Crippen molar-refractivity contribution >= 4 is 11.8 Å². The molecule has 108 valence electrons. The minimum atomic E-state index is -0.313. The number of nitrogens with two attached hydrogens (primary N) is 1. The SMILES string of the molecule is COCCC(N)c1nc(CSc2ccc(F)cc2)no1. The van der Waals surface area contributed by atoms with E-state index in [2.05, 4.69) is 10.1 Å². The van der Waals surface area contributed by atoms with Crippen LogP contribution in [-0.2, 0) is 10.5 Å². The highest BCUT2D eigenvalue weighted by molar-refractivity contribution is 7.98. The minimum Gasteiger partial charge on any atom is -0.385 e. The molecule has 1 atom stereocenters. The summed E-state index contributed by atoms with van der Waals surface area (Å²) in [5, 5.41) is 3.88. The van der Waals surface area contributed by atoms with E-state index in [1.807, 2.05) is 0 Å². The Morgan fingerprint density at radius 3 is 2.85 bits per heavy atom. The van der Waals surface area contributed by atoms with Crippen molar-refractivity contribution in [2.75, 3.05) is 13.7 Å². The maximum absolute atomic E-state index is 12.8. The molecule has 2 N–H and O–H groups in total. The van der Waals surface area contributed by atoms with Crippen LogP contribution < -0.4 is 5.73 Å². The van der Waals surface area contributed by atoms with Crippen LogP contribution in [0.3, 0.4) is 0 Å². The van der Waals surface area contributed by atoms with E-state index in [9.17, 15) is 4.39 Å². The summed E-state index contributed by atoms with van der Waals surface area (Å²) in [6.07, 6.45) is 0.628. The average molecular weight is 297 g/mol. The van der Waals surface area contributed by atoms with Crippen LogP contribution in [0.15, 0.2) is 33.7 Å². The molecule has 1 unspecified atom stereocenters. The van der Waals surface area contributed by atoms with E-state index >= 15 is 0 Å². The van der Waals surface area contributed by atoms with E-state index in [1.165, 1.54) is 23.9 Å². The third-order valence-corrected chi connectivity index (χ3v) is 3.62. The maximum Gasteiger partial charge on any atom is 0.243 e. The van der Waals surface area contributed by atoms with E-state index in [-0.39, 0.29) is 11.9 Å². The van der Waals surface area contributed by atoms with Gasteiger partial charge in [0.15, 0.2) is 5.82 Å². The molecule has 0 bridgehead atoms. The van der Waals surface area contributed by atoms with Gasteiger partial charge in [0, 0.05) is 18.6 Å². The Hall–Kier alpha value is -1.44. The van der Waals surface area contributed by atoms with Gasteiger partial charge >= 0.3 is 0 Å². The average Bonchev–Trinajstić information content (AvgIpc) is 2.93. The molecular weight excluding hydrogens is 281 g/mol. The summed E-state index contributed by atoms with van der Waals surface area (Å²) in [4.78, 5) is 5.19. The van der Waals surface area contributed by atoms with Crippen molar-refractivity contribution in [1.82, 2.24) is 10.1 Å². The summed E-state index contributed by atoms with van der Waals surface area (Å²) in [7, 11) is 1.62. The largest absolute Gasteiger partial charge is 0.385 e. The van der Waals surface area contributed by atoms with Gasteiger partial charge in [-0.25, -0.2) is 4.39 Å². The molecule has 0 aliphatic heterocycles. The molecule has 0 fully saturated rings. The van der Waals surface area contributed by atoms with Crippen LogP contribution >= 0.6 is 11.8 Å². The Morgan fingerprint density at radius 2 is 2.15 bits per heavy atom. The molecule has 20 heavy (non-hydrogen) atoms. The molecule has 0 radical (unpaired) electrons. The molecule has 0 spiro atoms. The van der Waals surface area contributed by atoms with Crippen LogP contribution in [0, 0.1) is 5.82 Å². The quantitative estimate of drug-likeness (QED) is 0.792. The van der Waals surface area contributed by atoms with Crippen molar-refractivity contribution in [3.05, 3.63) is 41.8 Å². The lowest BCUT2D eigenvalue weighted by atomic mass is 10.2. The lowest BCUT2D eigenvalue weighted by molar-refractivity contribution is 0.182. The monoisotopic (exact) mass is 297 g/mol. The molecule has 0 saturated heterocycles. The van der Waals surface area contributed by atoms with Crippen molar-refractivity contribution in [2.45, 2.75) is 23.1 Å². The van der Waals surface area contributed by atoms with Crippen molar-refractivity contribution in [1.29, 1.82) is 0 Å². The van der Waals surface area contributed by atoms with Crippen LogP contribution in [0.4, 0.5) is 4.39 Å². The third kappa shape index (κ3) is 4.29. The molecule has 2 aromatic rings. The van der Waals surface area contributed by atoms with Gasteiger partial charge in [0.05, 0.1) is 11.8 Å². The number of thioether (sulfide) groups is 1. The molecule has 0 saturated carbocycles. The Labute approximate surface area is 120 Å². The van der Waals surface area contributed by atoms with E-state index in [4.69, 9.17) is 15.0 Å². The molecule has 1 heterocycles. The van der Waals surface area contributed by atoms with Crippen molar-refractivity contribution < 1.29 is 13.7 Å². The van der Waals surface area contributed by atoms with Gasteiger partial charge < -0.3 is 15.0 Å². The molecule has 0 amide bonds. The lowest BCUT2D eigenvalue weighted by Gasteiger charge is -2.04. The zero-order valence-corrected chi connectivity index (χ0v) is 11.9. The summed E-state index contributed by atoms with van der Waals surface area (Å²) in [5.41, 5.74) is 5.89. The number of methoxy groups -OCH3 is 1. The molecule has 2 rings (SSSR count). The van der Waals surface area contributed by atoms with Gasteiger partial charge in [-0.15, -0.1) is 11.8 Å². The molecule has 5 nitrogen and oxygen atoms in total. The van der Waals surface area contributed by atoms with Crippen molar-refractivity contribution in [2.24, 2.45) is 5.73 Å². The smallest absolute Gasteiger partial charge is 0.243 e. The molecular formula is C13H16FN3O2S. The Kier molecular flexibility index (Phi) is 5.51. The number of benzene rings is 1. The van der Waals surface area contributed by atoms with Gasteiger partial charge in [-0.1, -0.05) is 5.16 Å². The first-order chi connectivity index (χ1) is 9.69. The van der Waals surface area contributed by atoms with Crippen LogP contribution in [0.25, 0.3) is 0 Å². The summed E-state index contributed by atoms with van der Waals surface area (Å²) in [5.74, 6) is 1.28. The highest BCUT2D eigenvalue weighted by Gasteiger charge is 2.14. The zero-order valence-electron chi connectivity index (χ0n) is 11.1. The molecule has 7 heteroatoms. The van der Waals surface area contributed by atoms with E-state index in [0.717, 1.165) is 4.90 Å². The van der Waals surface area contributed by atoms with E-state index in [1.54, 1.807) is 19.2 Å². The fourth-order valence-electron chi connectivity index (χ4n) is 1.52. The zero-order chi connectivity index (χ0) is 14.4. The van der Waals surface area contributed by atoms with Gasteiger partial charge in [0.25, 0.3) is 0 Å². The van der Waals surface area contributed by atoms with Crippen LogP contribution in [-0.4, -0.2) is 23.9 Å². The Balaban J connectivity index is 1.87. The number of nitrogens with zero attached hydrogens (tertiary/aromatic N) is 2. The first-order valence-electron chi connectivity index (χ1n) is 6.14. The predicted molar refractivity (Wildman–Crippen MR) is 73.7 cm³/mol. The summed E-state index contributed by atoms with van der Waals surface area (Å²) >= 11 is 1.51. The molecule has 0 aliphatic carbocycles. The number of hydrogen-bond acceptors (Lipinski definition) is 6. The second-order valence-electron chi connectivity index (χ2n) is 4.18. The summed E-state index contributed by atoms with van der Waals surface area (Å²) in [6.45, 7) is 0.545. The fraction of sp³-hybridized carbons (Fsp3) is 0.385. The number of ether oxygens (including phenoxy) is 1. The first kappa shape index (κ1) is 15.0. The van der Waals surface area contributed by atoms with E-state index < -0.39 is 0 Å². The standard InChI is InChI=1S/C13H16FN3O2S/c1-18-7-6-11(15)13-16-12(17-19-13)8-20-10-4-2-9(14)3-5-10/h2-5,11H,6-8,15H2,1H3. The van der Waals surface area contributed by atoms with Crippen LogP contribution in [0.2, 0.25) is 0 Å².